The van der Waals surface area contributed by atoms with Gasteiger partial charge in [-0.1, -0.05) is 23.7 Å². The minimum absolute atomic E-state index is 0.219. The van der Waals surface area contributed by atoms with Crippen LogP contribution in [0.15, 0.2) is 36.4 Å². The van der Waals surface area contributed by atoms with Crippen LogP contribution in [0.2, 0.25) is 5.02 Å². The van der Waals surface area contributed by atoms with Gasteiger partial charge in [-0.2, -0.15) is 0 Å². The molecule has 5 heteroatoms. The third-order valence-corrected chi connectivity index (χ3v) is 3.09. The summed E-state index contributed by atoms with van der Waals surface area (Å²) < 4.78 is 10.4. The monoisotopic (exact) mass is 291 g/mol. The summed E-state index contributed by atoms with van der Waals surface area (Å²) in [6, 6.07) is 10.3. The standard InChI is InChI=1S/C15H14ClNO3/c1-9-6-7-11(16)13(8-9)20-12-5-3-4-10(14(12)17)15(18)19-2/h3-8H,17H2,1-2H3. The SMILES string of the molecule is COC(=O)c1cccc(Oc2cc(C)ccc2Cl)c1N. The number of benzene rings is 2. The Hall–Kier alpha value is -2.20. The first-order valence-corrected chi connectivity index (χ1v) is 6.31. The Balaban J connectivity index is 2.39. The van der Waals surface area contributed by atoms with Crippen LogP contribution in [0.1, 0.15) is 15.9 Å². The predicted octanol–water partition coefficient (Wildman–Crippen LogP) is 3.81. The Morgan fingerprint density at radius 3 is 2.65 bits per heavy atom. The second kappa shape index (κ2) is 5.84. The molecule has 2 aromatic rings. The molecule has 0 atom stereocenters. The smallest absolute Gasteiger partial charge is 0.340 e. The highest BCUT2D eigenvalue weighted by Crippen LogP contribution is 2.34. The van der Waals surface area contributed by atoms with E-state index in [2.05, 4.69) is 4.74 Å². The molecule has 0 spiro atoms. The molecule has 0 aliphatic heterocycles. The number of carbonyl (C=O) groups is 1. The Labute approximate surface area is 122 Å². The van der Waals surface area contributed by atoms with E-state index in [1.165, 1.54) is 7.11 Å². The van der Waals surface area contributed by atoms with Crippen LogP contribution in [0.5, 0.6) is 11.5 Å². The van der Waals surface area contributed by atoms with Crippen LogP contribution in [0, 0.1) is 6.92 Å². The minimum Gasteiger partial charge on any atom is -0.465 e. The van der Waals surface area contributed by atoms with Gasteiger partial charge in [0.1, 0.15) is 5.75 Å². The van der Waals surface area contributed by atoms with E-state index in [1.807, 2.05) is 13.0 Å². The number of halogens is 1. The van der Waals surface area contributed by atoms with Crippen LogP contribution >= 0.6 is 11.6 Å². The largest absolute Gasteiger partial charge is 0.465 e. The zero-order valence-corrected chi connectivity index (χ0v) is 11.9. The van der Waals surface area contributed by atoms with Gasteiger partial charge in [-0.3, -0.25) is 0 Å². The normalized spacial score (nSPS) is 10.2. The Kier molecular flexibility index (Phi) is 4.15. The van der Waals surface area contributed by atoms with E-state index in [0.29, 0.717) is 16.5 Å². The van der Waals surface area contributed by atoms with Gasteiger partial charge in [0.2, 0.25) is 0 Å². The maximum Gasteiger partial charge on any atom is 0.340 e. The molecule has 2 aromatic carbocycles. The summed E-state index contributed by atoms with van der Waals surface area (Å²) in [6.07, 6.45) is 0. The summed E-state index contributed by atoms with van der Waals surface area (Å²) in [5, 5.41) is 0.471. The van der Waals surface area contributed by atoms with Crippen molar-refractivity contribution in [1.29, 1.82) is 0 Å². The zero-order chi connectivity index (χ0) is 14.7. The van der Waals surface area contributed by atoms with E-state index >= 15 is 0 Å². The summed E-state index contributed by atoms with van der Waals surface area (Å²) in [6.45, 7) is 1.93. The lowest BCUT2D eigenvalue weighted by atomic mass is 10.1. The van der Waals surface area contributed by atoms with E-state index < -0.39 is 5.97 Å². The lowest BCUT2D eigenvalue weighted by Crippen LogP contribution is -2.06. The van der Waals surface area contributed by atoms with Gasteiger partial charge in [0.05, 0.1) is 23.4 Å². The van der Waals surface area contributed by atoms with Gasteiger partial charge in [-0.15, -0.1) is 0 Å². The third-order valence-electron chi connectivity index (χ3n) is 2.78. The van der Waals surface area contributed by atoms with Crippen molar-refractivity contribution in [1.82, 2.24) is 0 Å². The van der Waals surface area contributed by atoms with Crippen molar-refractivity contribution < 1.29 is 14.3 Å². The first-order chi connectivity index (χ1) is 9.52. The molecule has 0 unspecified atom stereocenters. The second-order valence-electron chi connectivity index (χ2n) is 4.24. The van der Waals surface area contributed by atoms with Gasteiger partial charge in [-0.05, 0) is 36.8 Å². The van der Waals surface area contributed by atoms with Crippen molar-refractivity contribution in [2.24, 2.45) is 0 Å². The molecule has 20 heavy (non-hydrogen) atoms. The number of nitrogens with two attached hydrogens (primary N) is 1. The summed E-state index contributed by atoms with van der Waals surface area (Å²) in [4.78, 5) is 11.6. The summed E-state index contributed by atoms with van der Waals surface area (Å²) in [5.74, 6) is 0.337. The second-order valence-corrected chi connectivity index (χ2v) is 4.65. The average molecular weight is 292 g/mol. The fraction of sp³-hybridized carbons (Fsp3) is 0.133. The summed E-state index contributed by atoms with van der Waals surface area (Å²) >= 11 is 6.07. The highest BCUT2D eigenvalue weighted by Gasteiger charge is 2.14. The van der Waals surface area contributed by atoms with Gasteiger partial charge in [-0.25, -0.2) is 4.79 Å². The van der Waals surface area contributed by atoms with Crippen molar-refractivity contribution in [2.75, 3.05) is 12.8 Å². The Morgan fingerprint density at radius 1 is 1.20 bits per heavy atom. The number of carbonyl (C=O) groups excluding carboxylic acids is 1. The number of aryl methyl sites for hydroxylation is 1. The number of methoxy groups -OCH3 is 1. The first-order valence-electron chi connectivity index (χ1n) is 5.93. The van der Waals surface area contributed by atoms with Gasteiger partial charge in [0.15, 0.2) is 5.75 Å². The Morgan fingerprint density at radius 2 is 1.95 bits per heavy atom. The molecule has 4 nitrogen and oxygen atoms in total. The van der Waals surface area contributed by atoms with Gasteiger partial charge in [0.25, 0.3) is 0 Å². The van der Waals surface area contributed by atoms with Crippen molar-refractivity contribution in [3.8, 4) is 11.5 Å². The zero-order valence-electron chi connectivity index (χ0n) is 11.1. The molecular weight excluding hydrogens is 278 g/mol. The molecule has 0 radical (unpaired) electrons. The van der Waals surface area contributed by atoms with Gasteiger partial charge < -0.3 is 15.2 Å². The quantitative estimate of drug-likeness (QED) is 0.690. The molecule has 0 fully saturated rings. The summed E-state index contributed by atoms with van der Waals surface area (Å²) in [5.41, 5.74) is 7.41. The molecule has 0 saturated heterocycles. The van der Waals surface area contributed by atoms with Crippen molar-refractivity contribution in [2.45, 2.75) is 6.92 Å². The van der Waals surface area contributed by atoms with E-state index in [9.17, 15) is 4.79 Å². The molecule has 0 aliphatic rings. The number of ether oxygens (including phenoxy) is 2. The van der Waals surface area contributed by atoms with Crippen LogP contribution in [-0.2, 0) is 4.74 Å². The molecule has 0 saturated carbocycles. The minimum atomic E-state index is -0.511. The number of esters is 1. The topological polar surface area (TPSA) is 61.5 Å². The number of hydrogen-bond donors (Lipinski definition) is 1. The van der Waals surface area contributed by atoms with E-state index in [4.69, 9.17) is 22.1 Å². The molecule has 0 bridgehead atoms. The average Bonchev–Trinajstić information content (AvgIpc) is 2.44. The number of hydrogen-bond acceptors (Lipinski definition) is 4. The van der Waals surface area contributed by atoms with E-state index in [-0.39, 0.29) is 11.3 Å². The van der Waals surface area contributed by atoms with Crippen molar-refractivity contribution >= 4 is 23.3 Å². The van der Waals surface area contributed by atoms with Crippen LogP contribution in [-0.4, -0.2) is 13.1 Å². The number of para-hydroxylation sites is 1. The van der Waals surface area contributed by atoms with E-state index in [0.717, 1.165) is 5.56 Å². The third kappa shape index (κ3) is 2.86. The maximum atomic E-state index is 11.6. The molecule has 0 aliphatic carbocycles. The number of nitrogen functional groups attached to an aromatic ring is 1. The number of anilines is 1. The van der Waals surface area contributed by atoms with Gasteiger partial charge >= 0.3 is 5.97 Å². The Bertz CT molecular complexity index is 656. The fourth-order valence-electron chi connectivity index (χ4n) is 1.73. The van der Waals surface area contributed by atoms with Gasteiger partial charge in [0, 0.05) is 0 Å². The first kappa shape index (κ1) is 14.2. The maximum absolute atomic E-state index is 11.6. The lowest BCUT2D eigenvalue weighted by molar-refractivity contribution is 0.0601. The molecule has 0 aromatic heterocycles. The number of rotatable bonds is 3. The van der Waals surface area contributed by atoms with Crippen molar-refractivity contribution in [3.63, 3.8) is 0 Å². The lowest BCUT2D eigenvalue weighted by Gasteiger charge is -2.12. The van der Waals surface area contributed by atoms with Crippen molar-refractivity contribution in [3.05, 3.63) is 52.5 Å². The molecule has 104 valence electrons. The molecule has 2 N–H and O–H groups in total. The molecule has 0 amide bonds. The summed E-state index contributed by atoms with van der Waals surface area (Å²) in [7, 11) is 1.30. The molecular formula is C15H14ClNO3. The van der Waals surface area contributed by atoms with Crippen LogP contribution < -0.4 is 10.5 Å². The highest BCUT2D eigenvalue weighted by atomic mass is 35.5. The fourth-order valence-corrected chi connectivity index (χ4v) is 1.88. The molecule has 0 heterocycles. The van der Waals surface area contributed by atoms with E-state index in [1.54, 1.807) is 30.3 Å². The van der Waals surface area contributed by atoms with Crippen LogP contribution in [0.3, 0.4) is 0 Å². The molecule has 2 rings (SSSR count). The van der Waals surface area contributed by atoms with Crippen LogP contribution in [0.4, 0.5) is 5.69 Å². The predicted molar refractivity (Wildman–Crippen MR) is 78.5 cm³/mol. The van der Waals surface area contributed by atoms with Crippen LogP contribution in [0.25, 0.3) is 0 Å². The highest BCUT2D eigenvalue weighted by molar-refractivity contribution is 6.32.